The van der Waals surface area contributed by atoms with Gasteiger partial charge in [0.25, 0.3) is 0 Å². The Bertz CT molecular complexity index is 211. The first kappa shape index (κ1) is 13.9. The SMILES string of the molecule is CCCCCCCC=CC=CC=C[C]=O. The highest BCUT2D eigenvalue weighted by Gasteiger charge is 1.85. The molecule has 1 heteroatoms. The minimum Gasteiger partial charge on any atom is -0.286 e. The van der Waals surface area contributed by atoms with Gasteiger partial charge in [-0.2, -0.15) is 0 Å². The Morgan fingerprint density at radius 2 is 1.67 bits per heavy atom. The van der Waals surface area contributed by atoms with Crippen molar-refractivity contribution in [1.82, 2.24) is 0 Å². The zero-order valence-electron chi connectivity index (χ0n) is 9.61. The molecule has 0 aliphatic rings. The van der Waals surface area contributed by atoms with E-state index >= 15 is 0 Å². The van der Waals surface area contributed by atoms with E-state index in [1.54, 1.807) is 12.4 Å². The number of rotatable bonds is 9. The molecule has 15 heavy (non-hydrogen) atoms. The van der Waals surface area contributed by atoms with E-state index in [1.165, 1.54) is 38.2 Å². The van der Waals surface area contributed by atoms with Gasteiger partial charge in [-0.25, -0.2) is 0 Å². The van der Waals surface area contributed by atoms with Crippen molar-refractivity contribution >= 4 is 6.29 Å². The van der Waals surface area contributed by atoms with E-state index in [2.05, 4.69) is 13.0 Å². The smallest absolute Gasteiger partial charge is 0.225 e. The second-order valence-electron chi connectivity index (χ2n) is 3.49. The van der Waals surface area contributed by atoms with Gasteiger partial charge in [-0.3, -0.25) is 4.79 Å². The average molecular weight is 205 g/mol. The van der Waals surface area contributed by atoms with Crippen LogP contribution in [0.4, 0.5) is 0 Å². The minimum atomic E-state index is 1.15. The summed E-state index contributed by atoms with van der Waals surface area (Å²) in [6.07, 6.45) is 20.5. The van der Waals surface area contributed by atoms with Crippen molar-refractivity contribution in [3.63, 3.8) is 0 Å². The Kier molecular flexibility index (Phi) is 11.9. The molecule has 0 rings (SSSR count). The molecule has 1 nitrogen and oxygen atoms in total. The molecule has 0 unspecified atom stereocenters. The summed E-state index contributed by atoms with van der Waals surface area (Å²) in [7, 11) is 0. The monoisotopic (exact) mass is 205 g/mol. The molecule has 0 saturated carbocycles. The van der Waals surface area contributed by atoms with Crippen LogP contribution in [-0.2, 0) is 4.79 Å². The summed E-state index contributed by atoms with van der Waals surface area (Å²) in [6.45, 7) is 2.23. The van der Waals surface area contributed by atoms with Crippen LogP contribution >= 0.6 is 0 Å². The molecule has 0 fully saturated rings. The van der Waals surface area contributed by atoms with Crippen molar-refractivity contribution < 1.29 is 4.79 Å². The summed E-state index contributed by atoms with van der Waals surface area (Å²) in [6, 6.07) is 0. The molecular formula is C14H21O. The first-order valence-corrected chi connectivity index (χ1v) is 5.77. The van der Waals surface area contributed by atoms with Gasteiger partial charge in [0.2, 0.25) is 6.29 Å². The van der Waals surface area contributed by atoms with Crippen molar-refractivity contribution in [3.05, 3.63) is 36.5 Å². The molecule has 0 aliphatic carbocycles. The topological polar surface area (TPSA) is 17.1 Å². The van der Waals surface area contributed by atoms with E-state index in [-0.39, 0.29) is 0 Å². The van der Waals surface area contributed by atoms with Crippen LogP contribution in [-0.4, -0.2) is 6.29 Å². The normalized spacial score (nSPS) is 12.1. The third-order valence-corrected chi connectivity index (χ3v) is 2.11. The van der Waals surface area contributed by atoms with Crippen molar-refractivity contribution in [2.24, 2.45) is 0 Å². The zero-order valence-corrected chi connectivity index (χ0v) is 9.61. The number of hydrogen-bond acceptors (Lipinski definition) is 1. The highest BCUT2D eigenvalue weighted by Crippen LogP contribution is 2.05. The molecule has 0 aliphatic heterocycles. The lowest BCUT2D eigenvalue weighted by atomic mass is 10.1. The lowest BCUT2D eigenvalue weighted by molar-refractivity contribution is 0.564. The summed E-state index contributed by atoms with van der Waals surface area (Å²) >= 11 is 0. The molecule has 83 valence electrons. The van der Waals surface area contributed by atoms with Crippen LogP contribution in [0.1, 0.15) is 45.4 Å². The molecule has 0 aromatic carbocycles. The first-order valence-electron chi connectivity index (χ1n) is 5.77. The van der Waals surface area contributed by atoms with Gasteiger partial charge in [0.05, 0.1) is 0 Å². The number of hydrogen-bond donors (Lipinski definition) is 0. The summed E-state index contributed by atoms with van der Waals surface area (Å²) in [4.78, 5) is 9.80. The summed E-state index contributed by atoms with van der Waals surface area (Å²) in [5.41, 5.74) is 0. The van der Waals surface area contributed by atoms with Crippen molar-refractivity contribution in [1.29, 1.82) is 0 Å². The van der Waals surface area contributed by atoms with Gasteiger partial charge in [0, 0.05) is 0 Å². The van der Waals surface area contributed by atoms with Crippen LogP contribution < -0.4 is 0 Å². The van der Waals surface area contributed by atoms with Gasteiger partial charge >= 0.3 is 0 Å². The lowest BCUT2D eigenvalue weighted by Crippen LogP contribution is -1.75. The molecule has 0 N–H and O–H groups in total. The van der Waals surface area contributed by atoms with Gasteiger partial charge in [-0.05, 0) is 18.9 Å². The van der Waals surface area contributed by atoms with Crippen LogP contribution in [0.5, 0.6) is 0 Å². The van der Waals surface area contributed by atoms with Gasteiger partial charge in [0.15, 0.2) is 0 Å². The molecule has 0 aromatic heterocycles. The van der Waals surface area contributed by atoms with Crippen molar-refractivity contribution in [2.75, 3.05) is 0 Å². The van der Waals surface area contributed by atoms with E-state index < -0.39 is 0 Å². The molecular weight excluding hydrogens is 184 g/mol. The zero-order chi connectivity index (χ0) is 11.2. The van der Waals surface area contributed by atoms with Crippen LogP contribution in [0.2, 0.25) is 0 Å². The fourth-order valence-corrected chi connectivity index (χ4v) is 1.26. The second-order valence-corrected chi connectivity index (χ2v) is 3.49. The fraction of sp³-hybridized carbons (Fsp3) is 0.500. The summed E-state index contributed by atoms with van der Waals surface area (Å²) in [5, 5.41) is 0. The molecule has 0 atom stereocenters. The van der Waals surface area contributed by atoms with E-state index in [1.807, 2.05) is 18.2 Å². The Balaban J connectivity index is 3.27. The van der Waals surface area contributed by atoms with Gasteiger partial charge in [-0.15, -0.1) is 0 Å². The maximum Gasteiger partial charge on any atom is 0.225 e. The van der Waals surface area contributed by atoms with Crippen molar-refractivity contribution in [2.45, 2.75) is 45.4 Å². The summed E-state index contributed by atoms with van der Waals surface area (Å²) < 4.78 is 0. The van der Waals surface area contributed by atoms with E-state index in [0.29, 0.717) is 0 Å². The molecule has 0 amide bonds. The van der Waals surface area contributed by atoms with Crippen LogP contribution in [0.15, 0.2) is 36.5 Å². The molecule has 0 spiro atoms. The fourth-order valence-electron chi connectivity index (χ4n) is 1.26. The van der Waals surface area contributed by atoms with E-state index in [9.17, 15) is 4.79 Å². The quantitative estimate of drug-likeness (QED) is 0.314. The van der Waals surface area contributed by atoms with Crippen LogP contribution in [0.25, 0.3) is 0 Å². The van der Waals surface area contributed by atoms with Crippen molar-refractivity contribution in [3.8, 4) is 0 Å². The molecule has 0 saturated heterocycles. The van der Waals surface area contributed by atoms with Gasteiger partial charge in [0.1, 0.15) is 0 Å². The maximum absolute atomic E-state index is 9.80. The highest BCUT2D eigenvalue weighted by molar-refractivity contribution is 5.66. The maximum atomic E-state index is 9.80. The van der Waals surface area contributed by atoms with Crippen LogP contribution in [0.3, 0.4) is 0 Å². The third kappa shape index (κ3) is 12.9. The predicted molar refractivity (Wildman–Crippen MR) is 66.5 cm³/mol. The van der Waals surface area contributed by atoms with E-state index in [4.69, 9.17) is 0 Å². The number of carbonyl (C=O) groups excluding carboxylic acids is 1. The highest BCUT2D eigenvalue weighted by atomic mass is 16.1. The molecule has 0 heterocycles. The standard InChI is InChI=1S/C14H21O/c1-2-3-4-5-6-7-8-9-10-11-12-13-14-15/h8-13H,2-7H2,1H3. The Morgan fingerprint density at radius 1 is 0.933 bits per heavy atom. The predicted octanol–water partition coefficient (Wildman–Crippen LogP) is 4.13. The Labute approximate surface area is 93.6 Å². The van der Waals surface area contributed by atoms with E-state index in [0.717, 1.165) is 6.42 Å². The van der Waals surface area contributed by atoms with Crippen LogP contribution in [0, 0.1) is 0 Å². The molecule has 0 bridgehead atoms. The second kappa shape index (κ2) is 12.9. The third-order valence-electron chi connectivity index (χ3n) is 2.11. The Morgan fingerprint density at radius 3 is 2.40 bits per heavy atom. The number of unbranched alkanes of at least 4 members (excludes halogenated alkanes) is 5. The lowest BCUT2D eigenvalue weighted by Gasteiger charge is -1.95. The largest absolute Gasteiger partial charge is 0.286 e. The van der Waals surface area contributed by atoms with Gasteiger partial charge < -0.3 is 0 Å². The summed E-state index contributed by atoms with van der Waals surface area (Å²) in [5.74, 6) is 0. The first-order chi connectivity index (χ1) is 7.41. The average Bonchev–Trinajstić information content (AvgIpc) is 2.26. The molecule has 1 radical (unpaired) electrons. The Hall–Kier alpha value is -1.11. The molecule has 0 aromatic rings. The minimum absolute atomic E-state index is 1.15. The number of allylic oxidation sites excluding steroid dienone is 6. The van der Waals surface area contributed by atoms with Gasteiger partial charge in [-0.1, -0.05) is 63.0 Å².